The Morgan fingerprint density at radius 1 is 1.25 bits per heavy atom. The van der Waals surface area contributed by atoms with Gasteiger partial charge in [-0.25, -0.2) is 4.79 Å². The van der Waals surface area contributed by atoms with E-state index in [1.165, 1.54) is 19.4 Å². The largest absolute Gasteiger partial charge is 0.497 e. The molecule has 0 heterocycles. The van der Waals surface area contributed by atoms with Gasteiger partial charge in [0.25, 0.3) is 0 Å². The van der Waals surface area contributed by atoms with E-state index in [9.17, 15) is 4.79 Å². The lowest BCUT2D eigenvalue weighted by Gasteiger charge is -2.02. The Hall–Kier alpha value is -1.97. The molecule has 16 heavy (non-hydrogen) atoms. The summed E-state index contributed by atoms with van der Waals surface area (Å²) in [5.74, 6) is 0.364. The highest BCUT2D eigenvalue weighted by molar-refractivity contribution is 5.81. The second-order valence-electron chi connectivity index (χ2n) is 2.98. The number of methoxy groups -OCH3 is 2. The molecule has 0 aliphatic heterocycles. The third-order valence-electron chi connectivity index (χ3n) is 1.91. The van der Waals surface area contributed by atoms with Crippen LogP contribution in [0.4, 0.5) is 0 Å². The summed E-state index contributed by atoms with van der Waals surface area (Å²) in [5.41, 5.74) is 0.996. The Balaban J connectivity index is 2.37. The molecule has 4 heteroatoms. The van der Waals surface area contributed by atoms with Crippen LogP contribution in [0.2, 0.25) is 0 Å². The summed E-state index contributed by atoms with van der Waals surface area (Å²) < 4.78 is 14.6. The van der Waals surface area contributed by atoms with Crippen molar-refractivity contribution in [2.24, 2.45) is 0 Å². The van der Waals surface area contributed by atoms with Gasteiger partial charge in [-0.05, 0) is 17.7 Å². The van der Waals surface area contributed by atoms with Crippen molar-refractivity contribution in [3.8, 4) is 5.75 Å². The van der Waals surface area contributed by atoms with E-state index in [4.69, 9.17) is 9.47 Å². The standard InChI is InChI=1S/C12H14O4/c1-14-11-5-3-10(4-6-11)9-16-8-7-12(13)15-2/h3-8H,9H2,1-2H3/b8-7+. The highest BCUT2D eigenvalue weighted by Crippen LogP contribution is 2.11. The van der Waals surface area contributed by atoms with Gasteiger partial charge < -0.3 is 14.2 Å². The molecule has 0 aliphatic carbocycles. The van der Waals surface area contributed by atoms with Crippen LogP contribution in [-0.2, 0) is 20.9 Å². The lowest BCUT2D eigenvalue weighted by Crippen LogP contribution is -1.94. The third-order valence-corrected chi connectivity index (χ3v) is 1.91. The van der Waals surface area contributed by atoms with Gasteiger partial charge in [-0.1, -0.05) is 12.1 Å². The number of carbonyl (C=O) groups is 1. The average molecular weight is 222 g/mol. The average Bonchev–Trinajstić information content (AvgIpc) is 2.35. The lowest BCUT2D eigenvalue weighted by atomic mass is 10.2. The van der Waals surface area contributed by atoms with Crippen molar-refractivity contribution >= 4 is 5.97 Å². The van der Waals surface area contributed by atoms with Crippen molar-refractivity contribution in [2.75, 3.05) is 14.2 Å². The van der Waals surface area contributed by atoms with Crippen molar-refractivity contribution in [3.63, 3.8) is 0 Å². The zero-order chi connectivity index (χ0) is 11.8. The maximum absolute atomic E-state index is 10.7. The van der Waals surface area contributed by atoms with Crippen LogP contribution in [0.1, 0.15) is 5.56 Å². The van der Waals surface area contributed by atoms with Crippen LogP contribution < -0.4 is 4.74 Å². The number of esters is 1. The molecule has 0 fully saturated rings. The van der Waals surface area contributed by atoms with Gasteiger partial charge >= 0.3 is 5.97 Å². The molecule has 86 valence electrons. The van der Waals surface area contributed by atoms with E-state index in [-0.39, 0.29) is 0 Å². The Kier molecular flexibility index (Phi) is 4.92. The molecule has 1 aromatic rings. The monoisotopic (exact) mass is 222 g/mol. The van der Waals surface area contributed by atoms with Gasteiger partial charge in [0, 0.05) is 0 Å². The topological polar surface area (TPSA) is 44.8 Å². The molecule has 0 N–H and O–H groups in total. The fourth-order valence-corrected chi connectivity index (χ4v) is 1.04. The first-order valence-electron chi connectivity index (χ1n) is 4.75. The summed E-state index contributed by atoms with van der Waals surface area (Å²) in [6, 6.07) is 7.49. The SMILES string of the molecule is COC(=O)/C=C/OCc1ccc(OC)cc1. The summed E-state index contributed by atoms with van der Waals surface area (Å²) >= 11 is 0. The molecule has 0 aromatic heterocycles. The highest BCUT2D eigenvalue weighted by atomic mass is 16.5. The van der Waals surface area contributed by atoms with Crippen LogP contribution in [0.25, 0.3) is 0 Å². The van der Waals surface area contributed by atoms with E-state index < -0.39 is 5.97 Å². The minimum absolute atomic E-state index is 0.400. The van der Waals surface area contributed by atoms with Crippen LogP contribution in [-0.4, -0.2) is 20.2 Å². The summed E-state index contributed by atoms with van der Waals surface area (Å²) in [4.78, 5) is 10.7. The lowest BCUT2D eigenvalue weighted by molar-refractivity contribution is -0.135. The molecular weight excluding hydrogens is 208 g/mol. The van der Waals surface area contributed by atoms with Crippen molar-refractivity contribution in [2.45, 2.75) is 6.61 Å². The number of hydrogen-bond donors (Lipinski definition) is 0. The molecule has 0 spiro atoms. The maximum Gasteiger partial charge on any atom is 0.333 e. The molecule has 0 atom stereocenters. The van der Waals surface area contributed by atoms with Gasteiger partial charge in [0.15, 0.2) is 0 Å². The third kappa shape index (κ3) is 4.04. The summed E-state index contributed by atoms with van der Waals surface area (Å²) in [5, 5.41) is 0. The predicted molar refractivity (Wildman–Crippen MR) is 58.9 cm³/mol. The van der Waals surface area contributed by atoms with Crippen LogP contribution in [0, 0.1) is 0 Å². The Labute approximate surface area is 94.4 Å². The maximum atomic E-state index is 10.7. The Bertz CT molecular complexity index is 354. The molecule has 0 saturated carbocycles. The Morgan fingerprint density at radius 3 is 2.50 bits per heavy atom. The van der Waals surface area contributed by atoms with Gasteiger partial charge in [-0.3, -0.25) is 0 Å². The molecule has 4 nitrogen and oxygen atoms in total. The first kappa shape index (κ1) is 12.1. The number of ether oxygens (including phenoxy) is 3. The fraction of sp³-hybridized carbons (Fsp3) is 0.250. The molecule has 1 rings (SSSR count). The van der Waals surface area contributed by atoms with E-state index in [1.807, 2.05) is 24.3 Å². The van der Waals surface area contributed by atoms with E-state index in [0.29, 0.717) is 6.61 Å². The van der Waals surface area contributed by atoms with E-state index in [2.05, 4.69) is 4.74 Å². The summed E-state index contributed by atoms with van der Waals surface area (Å²) in [6.45, 7) is 0.400. The van der Waals surface area contributed by atoms with Crippen molar-refractivity contribution < 1.29 is 19.0 Å². The molecule has 0 saturated heterocycles. The molecule has 0 amide bonds. The normalized spacial score (nSPS) is 10.1. The van der Waals surface area contributed by atoms with Crippen LogP contribution in [0.15, 0.2) is 36.6 Å². The first-order valence-corrected chi connectivity index (χ1v) is 4.75. The predicted octanol–water partition coefficient (Wildman–Crippen LogP) is 1.90. The van der Waals surface area contributed by atoms with Crippen LogP contribution in [0.3, 0.4) is 0 Å². The second kappa shape index (κ2) is 6.50. The first-order chi connectivity index (χ1) is 7.76. The van der Waals surface area contributed by atoms with Gasteiger partial charge in [0.1, 0.15) is 12.4 Å². The molecule has 0 bridgehead atoms. The highest BCUT2D eigenvalue weighted by Gasteiger charge is 1.94. The van der Waals surface area contributed by atoms with E-state index in [0.717, 1.165) is 11.3 Å². The number of carbonyl (C=O) groups excluding carboxylic acids is 1. The summed E-state index contributed by atoms with van der Waals surface area (Å²) in [6.07, 6.45) is 2.54. The van der Waals surface area contributed by atoms with Gasteiger partial charge in [0.05, 0.1) is 26.6 Å². The van der Waals surface area contributed by atoms with Crippen LogP contribution >= 0.6 is 0 Å². The van der Waals surface area contributed by atoms with E-state index in [1.54, 1.807) is 7.11 Å². The minimum atomic E-state index is -0.435. The number of benzene rings is 1. The van der Waals surface area contributed by atoms with Crippen molar-refractivity contribution in [1.29, 1.82) is 0 Å². The zero-order valence-corrected chi connectivity index (χ0v) is 9.30. The molecule has 0 unspecified atom stereocenters. The molecular formula is C12H14O4. The smallest absolute Gasteiger partial charge is 0.333 e. The molecule has 0 radical (unpaired) electrons. The fourth-order valence-electron chi connectivity index (χ4n) is 1.04. The van der Waals surface area contributed by atoms with Gasteiger partial charge in [0.2, 0.25) is 0 Å². The van der Waals surface area contributed by atoms with Gasteiger partial charge in [-0.15, -0.1) is 0 Å². The minimum Gasteiger partial charge on any atom is -0.497 e. The van der Waals surface area contributed by atoms with E-state index >= 15 is 0 Å². The van der Waals surface area contributed by atoms with Crippen molar-refractivity contribution in [1.82, 2.24) is 0 Å². The quantitative estimate of drug-likeness (QED) is 0.433. The second-order valence-corrected chi connectivity index (χ2v) is 2.98. The number of rotatable bonds is 5. The zero-order valence-electron chi connectivity index (χ0n) is 9.30. The number of hydrogen-bond acceptors (Lipinski definition) is 4. The van der Waals surface area contributed by atoms with Crippen molar-refractivity contribution in [3.05, 3.63) is 42.2 Å². The van der Waals surface area contributed by atoms with Crippen LogP contribution in [0.5, 0.6) is 5.75 Å². The van der Waals surface area contributed by atoms with Gasteiger partial charge in [-0.2, -0.15) is 0 Å². The molecule has 0 aliphatic rings. The summed E-state index contributed by atoms with van der Waals surface area (Å²) in [7, 11) is 2.93. The Morgan fingerprint density at radius 2 is 1.94 bits per heavy atom. The molecule has 1 aromatic carbocycles.